The van der Waals surface area contributed by atoms with Crippen molar-refractivity contribution in [1.29, 1.82) is 0 Å². The van der Waals surface area contributed by atoms with Gasteiger partial charge in [-0.2, -0.15) is 0 Å². The number of anilines is 1. The first-order valence-corrected chi connectivity index (χ1v) is 13.9. The van der Waals surface area contributed by atoms with Crippen LogP contribution in [0.15, 0.2) is 29.8 Å². The molecule has 38 heavy (non-hydrogen) atoms. The third-order valence-corrected chi connectivity index (χ3v) is 8.80. The van der Waals surface area contributed by atoms with Crippen LogP contribution in [0, 0.1) is 11.7 Å². The Morgan fingerprint density at radius 2 is 1.87 bits per heavy atom. The van der Waals surface area contributed by atoms with Crippen LogP contribution >= 0.6 is 11.6 Å². The third kappa shape index (κ3) is 8.08. The van der Waals surface area contributed by atoms with E-state index in [1.807, 2.05) is 0 Å². The van der Waals surface area contributed by atoms with E-state index in [4.69, 9.17) is 21.1 Å². The fourth-order valence-corrected chi connectivity index (χ4v) is 6.70. The van der Waals surface area contributed by atoms with E-state index in [0.717, 1.165) is 22.5 Å². The molecule has 2 aliphatic rings. The van der Waals surface area contributed by atoms with Gasteiger partial charge in [0.05, 0.1) is 22.9 Å². The zero-order valence-electron chi connectivity index (χ0n) is 21.4. The van der Waals surface area contributed by atoms with Crippen molar-refractivity contribution in [2.45, 2.75) is 50.7 Å². The molecular weight excluding hydrogens is 554 g/mol. The van der Waals surface area contributed by atoms with Crippen LogP contribution in [0.25, 0.3) is 0 Å². The first-order valence-electron chi connectivity index (χ1n) is 12.0. The molecule has 3 rings (SSSR count). The van der Waals surface area contributed by atoms with Gasteiger partial charge in [-0.3, -0.25) is 0 Å². The van der Waals surface area contributed by atoms with Crippen molar-refractivity contribution in [3.05, 3.63) is 40.7 Å². The van der Waals surface area contributed by atoms with E-state index in [-0.39, 0.29) is 84.3 Å². The molecule has 1 aromatic rings. The Morgan fingerprint density at radius 1 is 1.18 bits per heavy atom. The minimum atomic E-state index is -4.38. The predicted molar refractivity (Wildman–Crippen MR) is 130 cm³/mol. The minimum absolute atomic E-state index is 0. The molecule has 1 atom stereocenters. The maximum atomic E-state index is 13.8. The minimum Gasteiger partial charge on any atom is -0.550 e. The smallest absolute Gasteiger partial charge is 0.550 e. The van der Waals surface area contributed by atoms with Crippen LogP contribution in [0.2, 0.25) is 5.02 Å². The molecule has 0 bridgehead atoms. The maximum Gasteiger partial charge on any atom is 1.00 e. The molecule has 204 valence electrons. The van der Waals surface area contributed by atoms with Crippen LogP contribution in [0.3, 0.4) is 0 Å². The second-order valence-electron chi connectivity index (χ2n) is 8.83. The molecule has 10 nitrogen and oxygen atoms in total. The molecule has 1 amide bonds. The van der Waals surface area contributed by atoms with Gasteiger partial charge in [-0.05, 0) is 69.6 Å². The summed E-state index contributed by atoms with van der Waals surface area (Å²) in [5.41, 5.74) is -0.130. The number of hydrogen-bond acceptors (Lipinski definition) is 8. The number of carboxylic acid groups (broad SMARTS) is 1. The number of allylic oxidation sites excluding steroid dienone is 1. The standard InChI is InChI=1S/C24H30ClFN2O8S.Na/c1-2-35-23(31)18-5-3-4-6-21(18)37(33,34)28(20-8-7-17(26)14-19(20)25)15-36-24(32)27-11-9-16(10-12-27)13-22(29)30;/h5,7-8,14,16,21H,2-4,6,9-13,15H2,1H3,(H,29,30);/q;+1/p-1. The van der Waals surface area contributed by atoms with E-state index in [1.165, 1.54) is 11.0 Å². The fraction of sp³-hybridized carbons (Fsp3) is 0.542. The van der Waals surface area contributed by atoms with E-state index < -0.39 is 45.9 Å². The number of aliphatic carboxylic acids is 1. The van der Waals surface area contributed by atoms with E-state index in [2.05, 4.69) is 0 Å². The van der Waals surface area contributed by atoms with Gasteiger partial charge < -0.3 is 24.3 Å². The molecule has 0 saturated carbocycles. The molecule has 1 saturated heterocycles. The summed E-state index contributed by atoms with van der Waals surface area (Å²) in [6, 6.07) is 3.12. The number of carbonyl (C=O) groups excluding carboxylic acids is 3. The van der Waals surface area contributed by atoms with Gasteiger partial charge in [0.25, 0.3) is 0 Å². The summed E-state index contributed by atoms with van der Waals surface area (Å²) in [5.74, 6) is -2.72. The second-order valence-corrected chi connectivity index (χ2v) is 11.3. The Hall–Kier alpha value is -1.86. The molecule has 0 radical (unpaired) electrons. The van der Waals surface area contributed by atoms with Gasteiger partial charge in [0.15, 0.2) is 6.73 Å². The van der Waals surface area contributed by atoms with Crippen LogP contribution in [-0.4, -0.2) is 63.0 Å². The third-order valence-electron chi connectivity index (χ3n) is 6.37. The molecule has 0 aromatic heterocycles. The molecule has 1 aliphatic carbocycles. The largest absolute Gasteiger partial charge is 1.00 e. The van der Waals surface area contributed by atoms with Crippen LogP contribution < -0.4 is 39.0 Å². The van der Waals surface area contributed by atoms with Crippen molar-refractivity contribution < 1.29 is 71.3 Å². The zero-order chi connectivity index (χ0) is 27.2. The van der Waals surface area contributed by atoms with E-state index in [9.17, 15) is 32.3 Å². The number of halogens is 2. The Morgan fingerprint density at radius 3 is 2.47 bits per heavy atom. The second kappa shape index (κ2) is 14.5. The number of rotatable bonds is 9. The number of nitrogens with zero attached hydrogens (tertiary/aromatic N) is 2. The summed E-state index contributed by atoms with van der Waals surface area (Å²) < 4.78 is 52.5. The topological polar surface area (TPSA) is 133 Å². The van der Waals surface area contributed by atoms with Crippen molar-refractivity contribution in [3.63, 3.8) is 0 Å². The van der Waals surface area contributed by atoms with Crippen LogP contribution in [0.4, 0.5) is 14.9 Å². The van der Waals surface area contributed by atoms with Crippen molar-refractivity contribution in [2.75, 3.05) is 30.7 Å². The molecule has 1 fully saturated rings. The van der Waals surface area contributed by atoms with Crippen molar-refractivity contribution >= 4 is 45.3 Å². The summed E-state index contributed by atoms with van der Waals surface area (Å²) in [6.45, 7) is 1.38. The van der Waals surface area contributed by atoms with E-state index in [0.29, 0.717) is 25.7 Å². The number of sulfonamides is 1. The summed E-state index contributed by atoms with van der Waals surface area (Å²) in [4.78, 5) is 37.4. The summed E-state index contributed by atoms with van der Waals surface area (Å²) in [5, 5.41) is 9.32. The number of carboxylic acids is 1. The first kappa shape index (κ1) is 32.4. The van der Waals surface area contributed by atoms with Gasteiger partial charge in [0.2, 0.25) is 10.0 Å². The number of ether oxygens (including phenoxy) is 2. The fourth-order valence-electron chi connectivity index (χ4n) is 4.46. The number of piperidine rings is 1. The molecule has 0 N–H and O–H groups in total. The van der Waals surface area contributed by atoms with Gasteiger partial charge in [0, 0.05) is 19.1 Å². The number of hydrogen-bond donors (Lipinski definition) is 0. The maximum absolute atomic E-state index is 13.8. The Labute approximate surface area is 248 Å². The number of likely N-dealkylation sites (tertiary alicyclic amines) is 1. The molecule has 0 spiro atoms. The number of amides is 1. The van der Waals surface area contributed by atoms with E-state index in [1.54, 1.807) is 6.92 Å². The quantitative estimate of drug-likeness (QED) is 0.218. The number of esters is 1. The molecule has 1 unspecified atom stereocenters. The summed E-state index contributed by atoms with van der Waals surface area (Å²) >= 11 is 6.18. The summed E-state index contributed by atoms with van der Waals surface area (Å²) in [7, 11) is -4.38. The average molecular weight is 583 g/mol. The summed E-state index contributed by atoms with van der Waals surface area (Å²) in [6.07, 6.45) is 2.62. The SMILES string of the molecule is CCOC(=O)C1=CCCCC1S(=O)(=O)N(COC(=O)N1CCC(CC(=O)[O-])CC1)c1ccc(F)cc1Cl.[Na+]. The van der Waals surface area contributed by atoms with Crippen molar-refractivity contribution in [1.82, 2.24) is 4.90 Å². The predicted octanol–water partition coefficient (Wildman–Crippen LogP) is -0.393. The van der Waals surface area contributed by atoms with E-state index >= 15 is 0 Å². The normalized spacial score (nSPS) is 18.1. The Bertz CT molecular complexity index is 1160. The number of benzene rings is 1. The number of carbonyl (C=O) groups is 3. The van der Waals surface area contributed by atoms with Crippen LogP contribution in [0.1, 0.15) is 45.4 Å². The van der Waals surface area contributed by atoms with Gasteiger partial charge in [-0.1, -0.05) is 17.7 Å². The molecule has 14 heteroatoms. The zero-order valence-corrected chi connectivity index (χ0v) is 24.9. The molecule has 1 heterocycles. The van der Waals surface area contributed by atoms with Crippen LogP contribution in [-0.2, 0) is 29.1 Å². The van der Waals surface area contributed by atoms with Gasteiger partial charge >= 0.3 is 41.6 Å². The van der Waals surface area contributed by atoms with Crippen molar-refractivity contribution in [3.8, 4) is 0 Å². The Kier molecular flexibility index (Phi) is 12.3. The van der Waals surface area contributed by atoms with Crippen molar-refractivity contribution in [2.24, 2.45) is 5.92 Å². The monoisotopic (exact) mass is 582 g/mol. The Balaban J connectivity index is 0.00000507. The molecular formula is C24H29ClFN2NaO8S. The van der Waals surface area contributed by atoms with Crippen LogP contribution in [0.5, 0.6) is 0 Å². The average Bonchev–Trinajstić information content (AvgIpc) is 2.85. The molecule has 1 aromatic carbocycles. The first-order chi connectivity index (χ1) is 17.5. The van der Waals surface area contributed by atoms with Gasteiger partial charge in [-0.15, -0.1) is 0 Å². The van der Waals surface area contributed by atoms with Gasteiger partial charge in [-0.25, -0.2) is 26.7 Å². The molecule has 1 aliphatic heterocycles. The van der Waals surface area contributed by atoms with Gasteiger partial charge in [0.1, 0.15) is 11.1 Å².